The fourth-order valence-corrected chi connectivity index (χ4v) is 1.09. The van der Waals surface area contributed by atoms with E-state index in [1.807, 2.05) is 6.07 Å². The standard InChI is InChI=1S/C9H13N2O/c10-8-4-2-1-3-7(8)9(11)5-6-12/h1,3-4,9,12H,5-6,10-11H2. The van der Waals surface area contributed by atoms with Gasteiger partial charge < -0.3 is 16.6 Å². The molecule has 0 saturated heterocycles. The number of anilines is 1. The molecule has 5 N–H and O–H groups in total. The Balaban J connectivity index is 2.79. The van der Waals surface area contributed by atoms with Crippen LogP contribution < -0.4 is 11.5 Å². The van der Waals surface area contributed by atoms with Gasteiger partial charge in [0.1, 0.15) is 0 Å². The van der Waals surface area contributed by atoms with Crippen LogP contribution in [0.3, 0.4) is 0 Å². The van der Waals surface area contributed by atoms with Crippen LogP contribution in [-0.2, 0) is 0 Å². The van der Waals surface area contributed by atoms with Crippen molar-refractivity contribution in [3.63, 3.8) is 0 Å². The quantitative estimate of drug-likeness (QED) is 0.569. The average molecular weight is 165 g/mol. The summed E-state index contributed by atoms with van der Waals surface area (Å²) in [5.74, 6) is 0. The third kappa shape index (κ3) is 1.96. The molecule has 0 amide bonds. The summed E-state index contributed by atoms with van der Waals surface area (Å²) < 4.78 is 0. The van der Waals surface area contributed by atoms with Crippen molar-refractivity contribution in [1.82, 2.24) is 0 Å². The monoisotopic (exact) mass is 165 g/mol. The van der Waals surface area contributed by atoms with Gasteiger partial charge in [-0.25, -0.2) is 0 Å². The summed E-state index contributed by atoms with van der Waals surface area (Å²) in [5, 5.41) is 8.66. The van der Waals surface area contributed by atoms with E-state index < -0.39 is 0 Å². The van der Waals surface area contributed by atoms with E-state index in [0.29, 0.717) is 12.1 Å². The molecule has 0 heterocycles. The van der Waals surface area contributed by atoms with Crippen LogP contribution in [-0.4, -0.2) is 11.7 Å². The van der Waals surface area contributed by atoms with Gasteiger partial charge in [0.05, 0.1) is 0 Å². The van der Waals surface area contributed by atoms with Crippen LogP contribution in [0, 0.1) is 6.07 Å². The minimum Gasteiger partial charge on any atom is -0.398 e. The smallest absolute Gasteiger partial charge is 0.0449 e. The average Bonchev–Trinajstić information content (AvgIpc) is 2.05. The van der Waals surface area contributed by atoms with Crippen LogP contribution in [0.5, 0.6) is 0 Å². The second-order valence-corrected chi connectivity index (χ2v) is 2.67. The van der Waals surface area contributed by atoms with Crippen molar-refractivity contribution in [3.05, 3.63) is 29.8 Å². The molecule has 65 valence electrons. The minimum atomic E-state index is -0.176. The Hall–Kier alpha value is -1.06. The molecule has 12 heavy (non-hydrogen) atoms. The Labute approximate surface area is 72.0 Å². The molecular weight excluding hydrogens is 152 g/mol. The van der Waals surface area contributed by atoms with Crippen LogP contribution in [0.2, 0.25) is 0 Å². The van der Waals surface area contributed by atoms with Gasteiger partial charge in [0.15, 0.2) is 0 Å². The lowest BCUT2D eigenvalue weighted by molar-refractivity contribution is 0.276. The summed E-state index contributed by atoms with van der Waals surface area (Å²) in [4.78, 5) is 0. The molecule has 0 aromatic heterocycles. The molecular formula is C9H13N2O. The number of aliphatic hydroxyl groups is 1. The number of aliphatic hydroxyl groups excluding tert-OH is 1. The number of hydrogen-bond acceptors (Lipinski definition) is 3. The molecule has 0 fully saturated rings. The zero-order chi connectivity index (χ0) is 8.97. The van der Waals surface area contributed by atoms with Crippen LogP contribution in [0.4, 0.5) is 5.69 Å². The Kier molecular flexibility index (Phi) is 3.08. The summed E-state index contributed by atoms with van der Waals surface area (Å²) in [7, 11) is 0. The van der Waals surface area contributed by atoms with Gasteiger partial charge in [0, 0.05) is 18.3 Å². The lowest BCUT2D eigenvalue weighted by Gasteiger charge is -2.12. The Morgan fingerprint density at radius 3 is 2.92 bits per heavy atom. The normalized spacial score (nSPS) is 12.8. The highest BCUT2D eigenvalue weighted by molar-refractivity contribution is 5.47. The number of hydrogen-bond donors (Lipinski definition) is 3. The molecule has 1 atom stereocenters. The molecule has 3 heteroatoms. The van der Waals surface area contributed by atoms with Gasteiger partial charge >= 0.3 is 0 Å². The zero-order valence-electron chi connectivity index (χ0n) is 6.83. The summed E-state index contributed by atoms with van der Waals surface area (Å²) in [5.41, 5.74) is 12.9. The first kappa shape index (κ1) is 9.03. The first-order valence-electron chi connectivity index (χ1n) is 3.87. The first-order chi connectivity index (χ1) is 5.75. The van der Waals surface area contributed by atoms with E-state index in [2.05, 4.69) is 6.07 Å². The number of nitrogen functional groups attached to an aromatic ring is 1. The molecule has 0 aliphatic rings. The maximum Gasteiger partial charge on any atom is 0.0449 e. The van der Waals surface area contributed by atoms with Crippen LogP contribution in [0.25, 0.3) is 0 Å². The number of nitrogens with two attached hydrogens (primary N) is 2. The third-order valence-electron chi connectivity index (χ3n) is 1.77. The highest BCUT2D eigenvalue weighted by Gasteiger charge is 2.07. The van der Waals surface area contributed by atoms with Crippen LogP contribution in [0.15, 0.2) is 18.2 Å². The second kappa shape index (κ2) is 4.09. The molecule has 0 spiro atoms. The van der Waals surface area contributed by atoms with E-state index in [1.54, 1.807) is 12.1 Å². The molecule has 1 aromatic rings. The third-order valence-corrected chi connectivity index (χ3v) is 1.77. The van der Waals surface area contributed by atoms with Crippen molar-refractivity contribution in [2.75, 3.05) is 12.3 Å². The molecule has 1 unspecified atom stereocenters. The molecule has 1 rings (SSSR count). The fourth-order valence-electron chi connectivity index (χ4n) is 1.09. The largest absolute Gasteiger partial charge is 0.398 e. The summed E-state index contributed by atoms with van der Waals surface area (Å²) in [6.07, 6.45) is 0.536. The van der Waals surface area contributed by atoms with E-state index in [1.165, 1.54) is 0 Å². The lowest BCUT2D eigenvalue weighted by Crippen LogP contribution is -2.13. The topological polar surface area (TPSA) is 72.3 Å². The van der Waals surface area contributed by atoms with Crippen LogP contribution in [0.1, 0.15) is 18.0 Å². The Morgan fingerprint density at radius 2 is 2.33 bits per heavy atom. The Bertz CT molecular complexity index is 250. The number of rotatable bonds is 3. The fraction of sp³-hybridized carbons (Fsp3) is 0.333. The summed E-state index contributed by atoms with van der Waals surface area (Å²) >= 11 is 0. The van der Waals surface area contributed by atoms with E-state index in [0.717, 1.165) is 5.56 Å². The van der Waals surface area contributed by atoms with Crippen molar-refractivity contribution in [2.45, 2.75) is 12.5 Å². The van der Waals surface area contributed by atoms with Crippen molar-refractivity contribution in [2.24, 2.45) is 5.73 Å². The van der Waals surface area contributed by atoms with Gasteiger partial charge in [-0.3, -0.25) is 0 Å². The molecule has 0 aliphatic heterocycles. The maximum atomic E-state index is 8.66. The first-order valence-corrected chi connectivity index (χ1v) is 3.87. The zero-order valence-corrected chi connectivity index (χ0v) is 6.83. The van der Waals surface area contributed by atoms with Crippen molar-refractivity contribution in [1.29, 1.82) is 0 Å². The maximum absolute atomic E-state index is 8.66. The minimum absolute atomic E-state index is 0.0826. The van der Waals surface area contributed by atoms with Gasteiger partial charge in [0.25, 0.3) is 0 Å². The molecule has 0 aliphatic carbocycles. The van der Waals surface area contributed by atoms with Gasteiger partial charge in [0.2, 0.25) is 0 Å². The van der Waals surface area contributed by atoms with Gasteiger partial charge in [-0.2, -0.15) is 0 Å². The second-order valence-electron chi connectivity index (χ2n) is 2.67. The Morgan fingerprint density at radius 1 is 1.58 bits per heavy atom. The van der Waals surface area contributed by atoms with E-state index in [4.69, 9.17) is 16.6 Å². The van der Waals surface area contributed by atoms with Gasteiger partial charge in [-0.15, -0.1) is 0 Å². The number of benzene rings is 1. The predicted octanol–water partition coefficient (Wildman–Crippen LogP) is 0.451. The van der Waals surface area contributed by atoms with Crippen LogP contribution >= 0.6 is 0 Å². The summed E-state index contributed by atoms with van der Waals surface area (Å²) in [6, 6.07) is 7.96. The van der Waals surface area contributed by atoms with Gasteiger partial charge in [-0.1, -0.05) is 12.1 Å². The molecule has 1 aromatic carbocycles. The SMILES string of the molecule is Nc1c[c]ccc1C(N)CCO. The van der Waals surface area contributed by atoms with Crippen molar-refractivity contribution < 1.29 is 5.11 Å². The van der Waals surface area contributed by atoms with Crippen molar-refractivity contribution in [3.8, 4) is 0 Å². The molecule has 0 saturated carbocycles. The van der Waals surface area contributed by atoms with E-state index in [-0.39, 0.29) is 12.6 Å². The highest BCUT2D eigenvalue weighted by atomic mass is 16.3. The molecule has 3 nitrogen and oxygen atoms in total. The molecule has 1 radical (unpaired) electrons. The van der Waals surface area contributed by atoms with Gasteiger partial charge in [-0.05, 0) is 24.1 Å². The van der Waals surface area contributed by atoms with E-state index >= 15 is 0 Å². The van der Waals surface area contributed by atoms with Crippen molar-refractivity contribution >= 4 is 5.69 Å². The highest BCUT2D eigenvalue weighted by Crippen LogP contribution is 2.19. The van der Waals surface area contributed by atoms with E-state index in [9.17, 15) is 0 Å². The predicted molar refractivity (Wildman–Crippen MR) is 48.3 cm³/mol. The molecule has 0 bridgehead atoms. The summed E-state index contributed by atoms with van der Waals surface area (Å²) in [6.45, 7) is 0.0826. The lowest BCUT2D eigenvalue weighted by atomic mass is 10.0.